The Kier molecular flexibility index (Phi) is 8.79. The van der Waals surface area contributed by atoms with E-state index in [9.17, 15) is 14.0 Å². The maximum absolute atomic E-state index is 13.7. The third kappa shape index (κ3) is 6.89. The number of nitrogens with one attached hydrogen (secondary N) is 1. The molecule has 1 saturated carbocycles. The number of H-pyrrole nitrogens is 1. The Morgan fingerprint density at radius 3 is 2.48 bits per heavy atom. The summed E-state index contributed by atoms with van der Waals surface area (Å²) in [6, 6.07) is 21.6. The number of unbranched alkanes of at least 4 members (excludes halogenated alkanes) is 1. The van der Waals surface area contributed by atoms with Crippen LogP contribution in [0.5, 0.6) is 5.75 Å². The van der Waals surface area contributed by atoms with E-state index < -0.39 is 0 Å². The molecule has 0 spiro atoms. The molecular weight excluding hydrogens is 505 g/mol. The molecule has 5 rings (SSSR count). The normalized spacial score (nSPS) is 12.8. The summed E-state index contributed by atoms with van der Waals surface area (Å²) < 4.78 is 19.3. The third-order valence-electron chi connectivity index (χ3n) is 7.39. The highest BCUT2D eigenvalue weighted by molar-refractivity contribution is 5.97. The number of hydrogen-bond donors (Lipinski definition) is 1. The van der Waals surface area contributed by atoms with Crippen LogP contribution in [0.15, 0.2) is 79.0 Å². The van der Waals surface area contributed by atoms with E-state index in [1.165, 1.54) is 12.1 Å². The molecule has 0 radical (unpaired) electrons. The van der Waals surface area contributed by atoms with Crippen molar-refractivity contribution in [1.29, 1.82) is 0 Å². The van der Waals surface area contributed by atoms with Crippen LogP contribution in [0.25, 0.3) is 10.9 Å². The van der Waals surface area contributed by atoms with Gasteiger partial charge in [0, 0.05) is 41.8 Å². The average molecular weight is 542 g/mol. The Labute approximate surface area is 234 Å². The number of para-hydroxylation sites is 1. The number of aromatic amines is 1. The molecule has 3 aromatic carbocycles. The van der Waals surface area contributed by atoms with E-state index in [2.05, 4.69) is 18.0 Å². The van der Waals surface area contributed by atoms with Gasteiger partial charge in [0.05, 0.1) is 6.61 Å². The van der Waals surface area contributed by atoms with Crippen molar-refractivity contribution in [3.8, 4) is 5.75 Å². The predicted molar refractivity (Wildman–Crippen MR) is 155 cm³/mol. The maximum Gasteiger partial charge on any atom is 0.254 e. The molecule has 0 saturated heterocycles. The first-order chi connectivity index (χ1) is 19.5. The fourth-order valence-corrected chi connectivity index (χ4v) is 4.89. The first-order valence-corrected chi connectivity index (χ1v) is 14.1. The van der Waals surface area contributed by atoms with E-state index in [4.69, 9.17) is 4.74 Å². The van der Waals surface area contributed by atoms with Crippen molar-refractivity contribution in [2.45, 2.75) is 51.6 Å². The number of carbonyl (C=O) groups excluding carboxylic acids is 2. The molecule has 208 valence electrons. The van der Waals surface area contributed by atoms with Crippen LogP contribution in [-0.2, 0) is 17.8 Å². The lowest BCUT2D eigenvalue weighted by atomic mass is 10.1. The lowest BCUT2D eigenvalue weighted by Crippen LogP contribution is -2.44. The van der Waals surface area contributed by atoms with E-state index in [-0.39, 0.29) is 30.2 Å². The monoisotopic (exact) mass is 541 g/mol. The molecule has 0 bridgehead atoms. The summed E-state index contributed by atoms with van der Waals surface area (Å²) >= 11 is 0. The smallest absolute Gasteiger partial charge is 0.254 e. The number of hydrogen-bond acceptors (Lipinski definition) is 3. The minimum absolute atomic E-state index is 0.00727. The number of halogens is 1. The maximum atomic E-state index is 13.7. The molecule has 1 heterocycles. The van der Waals surface area contributed by atoms with Gasteiger partial charge in [0.15, 0.2) is 0 Å². The van der Waals surface area contributed by atoms with Crippen LogP contribution >= 0.6 is 0 Å². The highest BCUT2D eigenvalue weighted by atomic mass is 19.1. The minimum Gasteiger partial charge on any atom is -0.494 e. The van der Waals surface area contributed by atoms with Gasteiger partial charge in [-0.3, -0.25) is 9.59 Å². The molecule has 0 aliphatic heterocycles. The van der Waals surface area contributed by atoms with Gasteiger partial charge in [-0.15, -0.1) is 0 Å². The second kappa shape index (κ2) is 12.8. The summed E-state index contributed by atoms with van der Waals surface area (Å²) in [7, 11) is 0. The summed E-state index contributed by atoms with van der Waals surface area (Å²) in [6.07, 6.45) is 6.47. The van der Waals surface area contributed by atoms with Crippen molar-refractivity contribution in [2.24, 2.45) is 0 Å². The van der Waals surface area contributed by atoms with Gasteiger partial charge in [-0.25, -0.2) is 4.39 Å². The zero-order chi connectivity index (χ0) is 27.9. The van der Waals surface area contributed by atoms with Gasteiger partial charge in [-0.2, -0.15) is 0 Å². The fraction of sp³-hybridized carbons (Fsp3) is 0.333. The lowest BCUT2D eigenvalue weighted by Gasteiger charge is -2.28. The molecule has 7 heteroatoms. The van der Waals surface area contributed by atoms with E-state index in [0.29, 0.717) is 31.7 Å². The number of amides is 2. The Balaban J connectivity index is 1.30. The second-order valence-corrected chi connectivity index (χ2v) is 10.4. The quantitative estimate of drug-likeness (QED) is 0.200. The molecule has 1 aliphatic carbocycles. The standard InChI is InChI=1S/C33H36FN3O3/c1-2-3-20-40-29-16-10-25(11-17-29)33(39)37(28-14-15-28)23-32(38)36(22-24-8-12-27(34)13-9-24)19-18-26-21-35-31-7-5-4-6-30(26)31/h4-13,16-17,21,28,35H,2-3,14-15,18-20,22-23H2,1H3. The van der Waals surface area contributed by atoms with Crippen molar-refractivity contribution in [3.63, 3.8) is 0 Å². The second-order valence-electron chi connectivity index (χ2n) is 10.4. The van der Waals surface area contributed by atoms with Gasteiger partial charge in [0.2, 0.25) is 5.91 Å². The number of fused-ring (bicyclic) bond motifs is 1. The van der Waals surface area contributed by atoms with E-state index in [1.54, 1.807) is 34.1 Å². The van der Waals surface area contributed by atoms with Crippen LogP contribution in [-0.4, -0.2) is 52.3 Å². The van der Waals surface area contributed by atoms with Crippen LogP contribution in [0.3, 0.4) is 0 Å². The van der Waals surface area contributed by atoms with Crippen molar-refractivity contribution in [1.82, 2.24) is 14.8 Å². The van der Waals surface area contributed by atoms with Crippen molar-refractivity contribution < 1.29 is 18.7 Å². The molecule has 0 atom stereocenters. The summed E-state index contributed by atoms with van der Waals surface area (Å²) in [5, 5.41) is 1.13. The zero-order valence-electron chi connectivity index (χ0n) is 22.9. The summed E-state index contributed by atoms with van der Waals surface area (Å²) in [5.74, 6) is 0.160. The van der Waals surface area contributed by atoms with Gasteiger partial charge >= 0.3 is 0 Å². The van der Waals surface area contributed by atoms with Crippen molar-refractivity contribution in [2.75, 3.05) is 19.7 Å². The highest BCUT2D eigenvalue weighted by Crippen LogP contribution is 2.29. The number of nitrogens with zero attached hydrogens (tertiary/aromatic N) is 2. The van der Waals surface area contributed by atoms with Crippen LogP contribution in [0.2, 0.25) is 0 Å². The molecule has 6 nitrogen and oxygen atoms in total. The first-order valence-electron chi connectivity index (χ1n) is 14.1. The van der Waals surface area contributed by atoms with Crippen LogP contribution < -0.4 is 4.74 Å². The molecule has 1 aliphatic rings. The molecule has 0 unspecified atom stereocenters. The molecule has 1 aromatic heterocycles. The number of ether oxygens (including phenoxy) is 1. The topological polar surface area (TPSA) is 65.6 Å². The van der Waals surface area contributed by atoms with Gasteiger partial charge in [-0.1, -0.05) is 43.7 Å². The predicted octanol–water partition coefficient (Wildman–Crippen LogP) is 6.36. The Morgan fingerprint density at radius 2 is 1.75 bits per heavy atom. The van der Waals surface area contributed by atoms with Crippen LogP contribution in [0.4, 0.5) is 4.39 Å². The molecule has 2 amide bonds. The SMILES string of the molecule is CCCCOc1ccc(C(=O)N(CC(=O)N(CCc2c[nH]c3ccccc23)Cc2ccc(F)cc2)C2CC2)cc1. The van der Waals surface area contributed by atoms with E-state index in [0.717, 1.165) is 53.5 Å². The third-order valence-corrected chi connectivity index (χ3v) is 7.39. The molecule has 1 fully saturated rings. The molecule has 40 heavy (non-hydrogen) atoms. The number of carbonyl (C=O) groups is 2. The molecule has 1 N–H and O–H groups in total. The van der Waals surface area contributed by atoms with Gasteiger partial charge in [0.25, 0.3) is 5.91 Å². The lowest BCUT2D eigenvalue weighted by molar-refractivity contribution is -0.132. The minimum atomic E-state index is -0.312. The van der Waals surface area contributed by atoms with Crippen LogP contribution in [0, 0.1) is 5.82 Å². The largest absolute Gasteiger partial charge is 0.494 e. The first kappa shape index (κ1) is 27.4. The Morgan fingerprint density at radius 1 is 1.00 bits per heavy atom. The molecular formula is C33H36FN3O3. The number of rotatable bonds is 13. The summed E-state index contributed by atoms with van der Waals surface area (Å²) in [4.78, 5) is 34.0. The fourth-order valence-electron chi connectivity index (χ4n) is 4.89. The molecule has 4 aromatic rings. The average Bonchev–Trinajstić information content (AvgIpc) is 3.74. The van der Waals surface area contributed by atoms with Gasteiger partial charge in [-0.05, 0) is 79.3 Å². The van der Waals surface area contributed by atoms with Gasteiger partial charge < -0.3 is 19.5 Å². The van der Waals surface area contributed by atoms with Crippen LogP contribution in [0.1, 0.15) is 54.1 Å². The Bertz CT molecular complexity index is 1430. The van der Waals surface area contributed by atoms with E-state index >= 15 is 0 Å². The van der Waals surface area contributed by atoms with Crippen molar-refractivity contribution >= 4 is 22.7 Å². The van der Waals surface area contributed by atoms with Crippen molar-refractivity contribution in [3.05, 3.63) is 102 Å². The summed E-state index contributed by atoms with van der Waals surface area (Å²) in [6.45, 7) is 3.59. The summed E-state index contributed by atoms with van der Waals surface area (Å²) in [5.41, 5.74) is 3.58. The zero-order valence-corrected chi connectivity index (χ0v) is 22.9. The number of aromatic nitrogens is 1. The highest BCUT2D eigenvalue weighted by Gasteiger charge is 2.35. The Hall–Kier alpha value is -4.13. The van der Waals surface area contributed by atoms with Gasteiger partial charge in [0.1, 0.15) is 18.1 Å². The van der Waals surface area contributed by atoms with E-state index in [1.807, 2.05) is 36.5 Å². The number of benzene rings is 3.